The van der Waals surface area contributed by atoms with Crippen molar-refractivity contribution in [1.29, 1.82) is 0 Å². The first-order valence-electron chi connectivity index (χ1n) is 7.46. The molecule has 2 rings (SSSR count). The fraction of sp³-hybridized carbons (Fsp3) is 0.412. The fourth-order valence-corrected chi connectivity index (χ4v) is 2.55. The van der Waals surface area contributed by atoms with Crippen molar-refractivity contribution in [2.24, 2.45) is 0 Å². The van der Waals surface area contributed by atoms with Crippen LogP contribution < -0.4 is 0 Å². The Morgan fingerprint density at radius 3 is 2.33 bits per heavy atom. The summed E-state index contributed by atoms with van der Waals surface area (Å²) in [5.74, 6) is -0.0971. The van der Waals surface area contributed by atoms with Gasteiger partial charge in [0.2, 0.25) is 0 Å². The number of nitrogens with zero attached hydrogens (tertiary/aromatic N) is 2. The van der Waals surface area contributed by atoms with Crippen LogP contribution in [-0.2, 0) is 19.4 Å². The van der Waals surface area contributed by atoms with Crippen LogP contribution in [0.5, 0.6) is 0 Å². The summed E-state index contributed by atoms with van der Waals surface area (Å²) < 4.78 is 14.9. The van der Waals surface area contributed by atoms with Crippen molar-refractivity contribution in [2.45, 2.75) is 46.6 Å². The molecule has 1 aromatic heterocycles. The van der Waals surface area contributed by atoms with E-state index < -0.39 is 0 Å². The number of ketones is 1. The van der Waals surface area contributed by atoms with E-state index in [1.807, 2.05) is 25.5 Å². The molecule has 2 aromatic rings. The van der Waals surface area contributed by atoms with E-state index in [1.54, 1.807) is 12.1 Å². The zero-order valence-electron chi connectivity index (χ0n) is 12.8. The fourth-order valence-electron chi connectivity index (χ4n) is 2.55. The van der Waals surface area contributed by atoms with Crippen molar-refractivity contribution in [3.8, 4) is 0 Å². The number of hydrogen-bond donors (Lipinski definition) is 0. The Morgan fingerprint density at radius 1 is 1.14 bits per heavy atom. The minimum atomic E-state index is -0.244. The lowest BCUT2D eigenvalue weighted by Gasteiger charge is -2.07. The Morgan fingerprint density at radius 2 is 1.81 bits per heavy atom. The Bertz CT molecular complexity index is 629. The topological polar surface area (TPSA) is 34.9 Å². The van der Waals surface area contributed by atoms with Crippen LogP contribution in [0, 0.1) is 5.82 Å². The molecule has 0 fully saturated rings. The molecule has 3 nitrogen and oxygen atoms in total. The van der Waals surface area contributed by atoms with Crippen LogP contribution in [0.3, 0.4) is 0 Å². The third kappa shape index (κ3) is 3.20. The van der Waals surface area contributed by atoms with E-state index in [0.29, 0.717) is 13.0 Å². The minimum Gasteiger partial charge on any atom is -0.294 e. The van der Waals surface area contributed by atoms with E-state index in [4.69, 9.17) is 0 Å². The number of carbonyl (C=O) groups is 1. The van der Waals surface area contributed by atoms with Gasteiger partial charge in [-0.25, -0.2) is 4.39 Å². The van der Waals surface area contributed by atoms with Crippen molar-refractivity contribution >= 4 is 5.78 Å². The van der Waals surface area contributed by atoms with Crippen LogP contribution in [-0.4, -0.2) is 15.6 Å². The summed E-state index contributed by atoms with van der Waals surface area (Å²) in [5.41, 5.74) is 3.60. The van der Waals surface area contributed by atoms with Gasteiger partial charge in [0.25, 0.3) is 0 Å². The maximum atomic E-state index is 13.0. The molecule has 0 radical (unpaired) electrons. The molecule has 21 heavy (non-hydrogen) atoms. The molecule has 0 amide bonds. The largest absolute Gasteiger partial charge is 0.294 e. The molecule has 0 bridgehead atoms. The number of aromatic nitrogens is 2. The summed E-state index contributed by atoms with van der Waals surface area (Å²) >= 11 is 0. The molecular weight excluding hydrogens is 267 g/mol. The summed E-state index contributed by atoms with van der Waals surface area (Å²) in [6.07, 6.45) is 1.99. The number of benzene rings is 1. The van der Waals surface area contributed by atoms with E-state index >= 15 is 0 Å². The van der Waals surface area contributed by atoms with Gasteiger partial charge >= 0.3 is 0 Å². The molecular formula is C17H21FN2O. The van der Waals surface area contributed by atoms with Gasteiger partial charge in [-0.1, -0.05) is 32.9 Å². The van der Waals surface area contributed by atoms with Crippen LogP contribution in [0.1, 0.15) is 54.5 Å². The highest BCUT2D eigenvalue weighted by atomic mass is 19.1. The van der Waals surface area contributed by atoms with Crippen molar-refractivity contribution in [3.05, 3.63) is 52.6 Å². The van der Waals surface area contributed by atoms with Crippen molar-refractivity contribution in [2.75, 3.05) is 0 Å². The molecule has 0 saturated heterocycles. The number of hydrogen-bond acceptors (Lipinski definition) is 2. The molecule has 112 valence electrons. The Kier molecular flexibility index (Phi) is 4.89. The van der Waals surface area contributed by atoms with E-state index in [9.17, 15) is 9.18 Å². The first-order valence-corrected chi connectivity index (χ1v) is 7.46. The average Bonchev–Trinajstić information content (AvgIpc) is 2.86. The summed E-state index contributed by atoms with van der Waals surface area (Å²) in [7, 11) is 0. The molecule has 0 unspecified atom stereocenters. The summed E-state index contributed by atoms with van der Waals surface area (Å²) in [6.45, 7) is 6.48. The van der Waals surface area contributed by atoms with Crippen LogP contribution in [0.25, 0.3) is 0 Å². The lowest BCUT2D eigenvalue weighted by molar-refractivity contribution is 0.0986. The van der Waals surface area contributed by atoms with Gasteiger partial charge in [0.1, 0.15) is 5.82 Å². The number of carbonyl (C=O) groups excluding carboxylic acids is 1. The van der Waals surface area contributed by atoms with E-state index in [-0.39, 0.29) is 11.6 Å². The second kappa shape index (κ2) is 6.66. The maximum Gasteiger partial charge on any atom is 0.166 e. The first kappa shape index (κ1) is 15.4. The monoisotopic (exact) mass is 288 g/mol. The van der Waals surface area contributed by atoms with E-state index in [1.165, 1.54) is 12.1 Å². The van der Waals surface area contributed by atoms with Gasteiger partial charge in [0, 0.05) is 12.1 Å². The molecule has 1 aromatic carbocycles. The van der Waals surface area contributed by atoms with Gasteiger partial charge in [0.15, 0.2) is 5.78 Å². The minimum absolute atomic E-state index is 0.147. The lowest BCUT2D eigenvalue weighted by atomic mass is 10.0. The quantitative estimate of drug-likeness (QED) is 0.758. The van der Waals surface area contributed by atoms with Gasteiger partial charge in [0.05, 0.1) is 17.8 Å². The second-order valence-corrected chi connectivity index (χ2v) is 5.04. The van der Waals surface area contributed by atoms with Crippen molar-refractivity contribution in [3.63, 3.8) is 0 Å². The van der Waals surface area contributed by atoms with Crippen LogP contribution in [0.2, 0.25) is 0 Å². The summed E-state index contributed by atoms with van der Waals surface area (Å²) in [4.78, 5) is 12.2. The average molecular weight is 288 g/mol. The zero-order chi connectivity index (χ0) is 15.4. The highest BCUT2D eigenvalue weighted by Crippen LogP contribution is 2.19. The summed E-state index contributed by atoms with van der Waals surface area (Å²) in [6, 6.07) is 6.40. The molecule has 0 saturated carbocycles. The molecule has 0 N–H and O–H groups in total. The van der Waals surface area contributed by atoms with E-state index in [0.717, 1.165) is 35.4 Å². The van der Waals surface area contributed by atoms with Crippen LogP contribution in [0.4, 0.5) is 4.39 Å². The molecule has 0 spiro atoms. The molecule has 0 atom stereocenters. The first-order chi connectivity index (χ1) is 10.1. The number of Topliss-reactive ketones (excluding diaryl/α,β-unsaturated/α-hetero) is 1. The van der Waals surface area contributed by atoms with Crippen molar-refractivity contribution in [1.82, 2.24) is 9.78 Å². The van der Waals surface area contributed by atoms with Crippen LogP contribution >= 0.6 is 0 Å². The highest BCUT2D eigenvalue weighted by molar-refractivity contribution is 5.98. The van der Waals surface area contributed by atoms with Crippen molar-refractivity contribution < 1.29 is 9.18 Å². The standard InChI is InChI=1S/C17H21FN2O/c1-4-14-17(16(21)6-3)15(5-2)20(19-14)11-12-7-9-13(18)10-8-12/h7-10H,4-6,11H2,1-3H3. The van der Waals surface area contributed by atoms with Gasteiger partial charge in [-0.3, -0.25) is 9.48 Å². The molecule has 0 aliphatic carbocycles. The number of halogens is 1. The van der Waals surface area contributed by atoms with Gasteiger partial charge < -0.3 is 0 Å². The van der Waals surface area contributed by atoms with Gasteiger partial charge in [-0.05, 0) is 30.5 Å². The predicted molar refractivity (Wildman–Crippen MR) is 81.1 cm³/mol. The van der Waals surface area contributed by atoms with E-state index in [2.05, 4.69) is 5.10 Å². The third-order valence-corrected chi connectivity index (χ3v) is 3.65. The van der Waals surface area contributed by atoms with Gasteiger partial charge in [-0.2, -0.15) is 5.10 Å². The van der Waals surface area contributed by atoms with Crippen LogP contribution in [0.15, 0.2) is 24.3 Å². The molecule has 1 heterocycles. The van der Waals surface area contributed by atoms with Gasteiger partial charge in [-0.15, -0.1) is 0 Å². The smallest absolute Gasteiger partial charge is 0.166 e. The zero-order valence-corrected chi connectivity index (χ0v) is 12.8. The number of aryl methyl sites for hydroxylation is 1. The molecule has 0 aliphatic heterocycles. The lowest BCUT2D eigenvalue weighted by Crippen LogP contribution is -2.08. The summed E-state index contributed by atoms with van der Waals surface area (Å²) in [5, 5.41) is 4.59. The Balaban J connectivity index is 2.41. The maximum absolute atomic E-state index is 13.0. The second-order valence-electron chi connectivity index (χ2n) is 5.04. The Hall–Kier alpha value is -1.97. The Labute approximate surface area is 124 Å². The highest BCUT2D eigenvalue weighted by Gasteiger charge is 2.20. The molecule has 4 heteroatoms. The normalized spacial score (nSPS) is 10.9. The molecule has 0 aliphatic rings. The third-order valence-electron chi connectivity index (χ3n) is 3.65. The SMILES string of the molecule is CCC(=O)c1c(CC)nn(Cc2ccc(F)cc2)c1CC. The number of rotatable bonds is 6. The predicted octanol–water partition coefficient (Wildman–Crippen LogP) is 3.79.